The van der Waals surface area contributed by atoms with Gasteiger partial charge in [0.2, 0.25) is 0 Å². The second-order valence-electron chi connectivity index (χ2n) is 4.14. The Morgan fingerprint density at radius 1 is 1.12 bits per heavy atom. The first-order valence-electron chi connectivity index (χ1n) is 6.21. The Kier molecular flexibility index (Phi) is 9.11. The molecule has 0 unspecified atom stereocenters. The Morgan fingerprint density at radius 2 is 1.71 bits per heavy atom. The topological polar surface area (TPSA) is 55.4 Å². The fourth-order valence-electron chi connectivity index (χ4n) is 1.28. The van der Waals surface area contributed by atoms with Crippen LogP contribution >= 0.6 is 0 Å². The van der Waals surface area contributed by atoms with E-state index in [0.717, 1.165) is 12.8 Å². The van der Waals surface area contributed by atoms with E-state index in [1.54, 1.807) is 0 Å². The molecule has 17 heavy (non-hydrogen) atoms. The lowest BCUT2D eigenvalue weighted by atomic mass is 10.1. The molecule has 98 valence electrons. The number of unbranched alkanes of at least 4 members (excludes halogenated alkanes) is 5. The average Bonchev–Trinajstić information content (AvgIpc) is 2.27. The number of hydrogen-bond donors (Lipinski definition) is 1. The van der Waals surface area contributed by atoms with E-state index < -0.39 is 12.0 Å². The Hall–Kier alpha value is -1.32. The molecule has 2 amide bonds. The third kappa shape index (κ3) is 9.60. The van der Waals surface area contributed by atoms with Crippen molar-refractivity contribution in [1.29, 1.82) is 0 Å². The molecule has 0 radical (unpaired) electrons. The van der Waals surface area contributed by atoms with E-state index in [1.807, 2.05) is 0 Å². The highest BCUT2D eigenvalue weighted by atomic mass is 16.5. The van der Waals surface area contributed by atoms with E-state index in [2.05, 4.69) is 18.8 Å². The maximum atomic E-state index is 11.1. The molecular weight excluding hydrogens is 218 g/mol. The van der Waals surface area contributed by atoms with Crippen molar-refractivity contribution in [2.75, 3.05) is 6.61 Å². The third-order valence-corrected chi connectivity index (χ3v) is 2.33. The fourth-order valence-corrected chi connectivity index (χ4v) is 1.28. The van der Waals surface area contributed by atoms with Crippen LogP contribution in [0.1, 0.15) is 52.4 Å². The highest BCUT2D eigenvalue weighted by molar-refractivity contribution is 6.01. The summed E-state index contributed by atoms with van der Waals surface area (Å²) in [6, 6.07) is 0. The van der Waals surface area contributed by atoms with Crippen LogP contribution in [0.5, 0.6) is 0 Å². The number of rotatable bonds is 8. The molecule has 0 bridgehead atoms. The van der Waals surface area contributed by atoms with E-state index in [9.17, 15) is 9.59 Å². The lowest BCUT2D eigenvalue weighted by Gasteiger charge is -2.05. The van der Waals surface area contributed by atoms with Crippen molar-refractivity contribution in [2.24, 2.45) is 0 Å². The van der Waals surface area contributed by atoms with Crippen LogP contribution in [0.15, 0.2) is 12.2 Å². The lowest BCUT2D eigenvalue weighted by Crippen LogP contribution is -2.31. The number of hydrogen-bond acceptors (Lipinski definition) is 3. The van der Waals surface area contributed by atoms with Crippen LogP contribution in [-0.4, -0.2) is 18.6 Å². The zero-order chi connectivity index (χ0) is 13.1. The van der Waals surface area contributed by atoms with Gasteiger partial charge in [0, 0.05) is 5.57 Å². The van der Waals surface area contributed by atoms with Gasteiger partial charge in [-0.2, -0.15) is 0 Å². The number of ether oxygens (including phenoxy) is 1. The van der Waals surface area contributed by atoms with Gasteiger partial charge in [-0.25, -0.2) is 4.79 Å². The van der Waals surface area contributed by atoms with Crippen LogP contribution in [0, 0.1) is 0 Å². The fraction of sp³-hybridized carbons (Fsp3) is 0.692. The normalized spacial score (nSPS) is 9.76. The largest absolute Gasteiger partial charge is 0.449 e. The SMILES string of the molecule is C=C(C)C(=O)NC(=O)OCCCCCCCC. The monoisotopic (exact) mass is 241 g/mol. The molecule has 0 heterocycles. The summed E-state index contributed by atoms with van der Waals surface area (Å²) in [5, 5.41) is 2.09. The Balaban J connectivity index is 3.39. The first kappa shape index (κ1) is 15.7. The summed E-state index contributed by atoms with van der Waals surface area (Å²) in [5.74, 6) is -0.488. The third-order valence-electron chi connectivity index (χ3n) is 2.33. The van der Waals surface area contributed by atoms with Crippen LogP contribution < -0.4 is 5.32 Å². The van der Waals surface area contributed by atoms with Crippen molar-refractivity contribution in [3.8, 4) is 0 Å². The van der Waals surface area contributed by atoms with Gasteiger partial charge < -0.3 is 4.74 Å². The number of alkyl carbamates (subject to hydrolysis) is 1. The van der Waals surface area contributed by atoms with Gasteiger partial charge in [-0.3, -0.25) is 10.1 Å². The molecule has 0 atom stereocenters. The first-order chi connectivity index (χ1) is 8.07. The van der Waals surface area contributed by atoms with E-state index in [-0.39, 0.29) is 0 Å². The molecular formula is C13H23NO3. The van der Waals surface area contributed by atoms with E-state index in [0.29, 0.717) is 12.2 Å². The first-order valence-corrected chi connectivity index (χ1v) is 6.21. The van der Waals surface area contributed by atoms with Gasteiger partial charge in [0.1, 0.15) is 0 Å². The van der Waals surface area contributed by atoms with Crippen molar-refractivity contribution < 1.29 is 14.3 Å². The smallest absolute Gasteiger partial charge is 0.414 e. The van der Waals surface area contributed by atoms with Gasteiger partial charge in [-0.1, -0.05) is 45.6 Å². The van der Waals surface area contributed by atoms with Crippen LogP contribution in [0.3, 0.4) is 0 Å². The van der Waals surface area contributed by atoms with Crippen LogP contribution in [0.4, 0.5) is 4.79 Å². The maximum absolute atomic E-state index is 11.1. The molecule has 0 saturated heterocycles. The van der Waals surface area contributed by atoms with Gasteiger partial charge in [0.25, 0.3) is 5.91 Å². The second kappa shape index (κ2) is 9.87. The minimum Gasteiger partial charge on any atom is -0.449 e. The summed E-state index contributed by atoms with van der Waals surface area (Å²) < 4.78 is 4.86. The van der Waals surface area contributed by atoms with Gasteiger partial charge in [-0.15, -0.1) is 0 Å². The Labute approximate surface area is 103 Å². The summed E-state index contributed by atoms with van der Waals surface area (Å²) in [7, 11) is 0. The molecule has 0 aliphatic heterocycles. The number of amides is 2. The lowest BCUT2D eigenvalue weighted by molar-refractivity contribution is -0.116. The van der Waals surface area contributed by atoms with E-state index >= 15 is 0 Å². The van der Waals surface area contributed by atoms with Crippen molar-refractivity contribution in [2.45, 2.75) is 52.4 Å². The molecule has 1 N–H and O–H groups in total. The van der Waals surface area contributed by atoms with Crippen LogP contribution in [0.25, 0.3) is 0 Å². The highest BCUT2D eigenvalue weighted by Gasteiger charge is 2.08. The van der Waals surface area contributed by atoms with Crippen LogP contribution in [-0.2, 0) is 9.53 Å². The Morgan fingerprint density at radius 3 is 2.29 bits per heavy atom. The predicted molar refractivity (Wildman–Crippen MR) is 67.7 cm³/mol. The van der Waals surface area contributed by atoms with Crippen molar-refractivity contribution in [1.82, 2.24) is 5.32 Å². The van der Waals surface area contributed by atoms with Crippen LogP contribution in [0.2, 0.25) is 0 Å². The molecule has 0 aromatic carbocycles. The molecule has 0 spiro atoms. The molecule has 0 fully saturated rings. The molecule has 0 aliphatic rings. The molecule has 4 nitrogen and oxygen atoms in total. The number of carbonyl (C=O) groups excluding carboxylic acids is 2. The molecule has 0 rings (SSSR count). The summed E-state index contributed by atoms with van der Waals surface area (Å²) in [5.41, 5.74) is 0.293. The minimum absolute atomic E-state index is 0.293. The maximum Gasteiger partial charge on any atom is 0.414 e. The number of nitrogens with one attached hydrogen (secondary N) is 1. The van der Waals surface area contributed by atoms with Gasteiger partial charge >= 0.3 is 6.09 Å². The predicted octanol–water partition coefficient (Wildman–Crippen LogP) is 3.18. The summed E-state index contributed by atoms with van der Waals surface area (Å²) in [4.78, 5) is 22.1. The zero-order valence-corrected chi connectivity index (χ0v) is 10.9. The van der Waals surface area contributed by atoms with Crippen molar-refractivity contribution in [3.05, 3.63) is 12.2 Å². The standard InChI is InChI=1S/C13H23NO3/c1-4-5-6-7-8-9-10-17-13(16)14-12(15)11(2)3/h2,4-10H2,1,3H3,(H,14,15,16). The zero-order valence-electron chi connectivity index (χ0n) is 10.9. The van der Waals surface area contributed by atoms with Gasteiger partial charge in [0.15, 0.2) is 0 Å². The molecule has 4 heteroatoms. The quantitative estimate of drug-likeness (QED) is 0.524. The minimum atomic E-state index is -0.688. The molecule has 0 aliphatic carbocycles. The van der Waals surface area contributed by atoms with E-state index in [4.69, 9.17) is 4.74 Å². The van der Waals surface area contributed by atoms with E-state index in [1.165, 1.54) is 32.6 Å². The number of imide groups is 1. The van der Waals surface area contributed by atoms with Crippen molar-refractivity contribution in [3.63, 3.8) is 0 Å². The summed E-state index contributed by atoms with van der Waals surface area (Å²) >= 11 is 0. The van der Waals surface area contributed by atoms with Gasteiger partial charge in [-0.05, 0) is 13.3 Å². The molecule has 0 saturated carbocycles. The summed E-state index contributed by atoms with van der Waals surface area (Å²) in [6.45, 7) is 7.50. The van der Waals surface area contributed by atoms with Gasteiger partial charge in [0.05, 0.1) is 6.61 Å². The summed E-state index contributed by atoms with van der Waals surface area (Å²) in [6.07, 6.45) is 6.10. The second-order valence-corrected chi connectivity index (χ2v) is 4.14. The molecule has 0 aromatic rings. The molecule has 0 aromatic heterocycles. The highest BCUT2D eigenvalue weighted by Crippen LogP contribution is 2.04. The van der Waals surface area contributed by atoms with Crippen molar-refractivity contribution >= 4 is 12.0 Å². The number of carbonyl (C=O) groups is 2. The Bertz CT molecular complexity index is 261. The average molecular weight is 241 g/mol.